The summed E-state index contributed by atoms with van der Waals surface area (Å²) >= 11 is 0. The highest BCUT2D eigenvalue weighted by molar-refractivity contribution is 5.34. The van der Waals surface area contributed by atoms with Crippen molar-refractivity contribution in [1.82, 2.24) is 9.97 Å². The van der Waals surface area contributed by atoms with Gasteiger partial charge in [0, 0.05) is 18.2 Å². The number of hydrogen-bond acceptors (Lipinski definition) is 4. The largest absolute Gasteiger partial charge is 0.366 e. The average molecular weight is 222 g/mol. The Morgan fingerprint density at radius 2 is 2.25 bits per heavy atom. The molecule has 1 aliphatic carbocycles. The van der Waals surface area contributed by atoms with Crippen LogP contribution in [0, 0.1) is 6.92 Å². The summed E-state index contributed by atoms with van der Waals surface area (Å²) in [6.45, 7) is 1.77. The van der Waals surface area contributed by atoms with Gasteiger partial charge in [0.25, 0.3) is 5.56 Å². The van der Waals surface area contributed by atoms with E-state index in [1.54, 1.807) is 6.92 Å². The number of nitrogens with two attached hydrogens (primary N) is 1. The van der Waals surface area contributed by atoms with E-state index in [0.29, 0.717) is 11.6 Å². The van der Waals surface area contributed by atoms with Gasteiger partial charge in [0.05, 0.1) is 0 Å². The van der Waals surface area contributed by atoms with Crippen LogP contribution in [0.25, 0.3) is 0 Å². The van der Waals surface area contributed by atoms with Crippen LogP contribution in [-0.4, -0.2) is 22.1 Å². The van der Waals surface area contributed by atoms with Gasteiger partial charge in [-0.3, -0.25) is 4.79 Å². The molecular weight excluding hydrogens is 204 g/mol. The van der Waals surface area contributed by atoms with Gasteiger partial charge in [0.2, 0.25) is 0 Å². The molecule has 1 heterocycles. The van der Waals surface area contributed by atoms with Gasteiger partial charge in [0.15, 0.2) is 0 Å². The number of rotatable bonds is 2. The van der Waals surface area contributed by atoms with E-state index in [4.69, 9.17) is 5.73 Å². The third-order valence-corrected chi connectivity index (χ3v) is 3.01. The molecule has 0 aliphatic heterocycles. The molecule has 1 aliphatic rings. The predicted molar refractivity (Wildman–Crippen MR) is 63.4 cm³/mol. The Labute approximate surface area is 94.5 Å². The molecule has 2 unspecified atom stereocenters. The number of anilines is 1. The summed E-state index contributed by atoms with van der Waals surface area (Å²) in [6, 6.07) is 1.88. The van der Waals surface area contributed by atoms with E-state index < -0.39 is 0 Å². The fourth-order valence-electron chi connectivity index (χ4n) is 2.18. The minimum absolute atomic E-state index is 0.126. The molecule has 0 aromatic carbocycles. The van der Waals surface area contributed by atoms with Crippen molar-refractivity contribution < 1.29 is 0 Å². The molecular formula is C11H18N4O. The Morgan fingerprint density at radius 3 is 2.94 bits per heavy atom. The first kappa shape index (κ1) is 11.1. The van der Waals surface area contributed by atoms with E-state index in [1.807, 2.05) is 0 Å². The highest BCUT2D eigenvalue weighted by atomic mass is 16.1. The van der Waals surface area contributed by atoms with Crippen LogP contribution < -0.4 is 16.6 Å². The van der Waals surface area contributed by atoms with Gasteiger partial charge in [-0.2, -0.15) is 0 Å². The Hall–Kier alpha value is -1.36. The van der Waals surface area contributed by atoms with E-state index in [0.717, 1.165) is 12.8 Å². The molecule has 0 spiro atoms. The molecule has 0 bridgehead atoms. The van der Waals surface area contributed by atoms with Crippen molar-refractivity contribution in [2.24, 2.45) is 5.73 Å². The lowest BCUT2D eigenvalue weighted by molar-refractivity contribution is 0.403. The average Bonchev–Trinajstić information content (AvgIpc) is 2.20. The highest BCUT2D eigenvalue weighted by Gasteiger charge is 2.21. The fraction of sp³-hybridized carbons (Fsp3) is 0.636. The van der Waals surface area contributed by atoms with Crippen LogP contribution in [0.5, 0.6) is 0 Å². The quantitative estimate of drug-likeness (QED) is 0.689. The molecule has 1 fully saturated rings. The lowest BCUT2D eigenvalue weighted by atomic mass is 9.91. The maximum absolute atomic E-state index is 11.3. The van der Waals surface area contributed by atoms with Gasteiger partial charge in [0.1, 0.15) is 11.6 Å². The van der Waals surface area contributed by atoms with E-state index in [-0.39, 0.29) is 17.6 Å². The van der Waals surface area contributed by atoms with Crippen molar-refractivity contribution in [2.45, 2.75) is 44.7 Å². The van der Waals surface area contributed by atoms with E-state index in [9.17, 15) is 4.79 Å². The van der Waals surface area contributed by atoms with Crippen LogP contribution in [0.1, 0.15) is 31.5 Å². The van der Waals surface area contributed by atoms with Gasteiger partial charge >= 0.3 is 0 Å². The summed E-state index contributed by atoms with van der Waals surface area (Å²) in [6.07, 6.45) is 4.48. The lowest BCUT2D eigenvalue weighted by Crippen LogP contribution is -2.43. The normalized spacial score (nSPS) is 25.4. The van der Waals surface area contributed by atoms with Gasteiger partial charge in [-0.1, -0.05) is 12.8 Å². The summed E-state index contributed by atoms with van der Waals surface area (Å²) in [5.41, 5.74) is 5.90. The molecule has 1 aromatic heterocycles. The van der Waals surface area contributed by atoms with Crippen LogP contribution >= 0.6 is 0 Å². The van der Waals surface area contributed by atoms with Crippen LogP contribution in [0.3, 0.4) is 0 Å². The number of aryl methyl sites for hydroxylation is 1. The Bertz CT molecular complexity index is 415. The number of nitrogens with zero attached hydrogens (tertiary/aromatic N) is 1. The van der Waals surface area contributed by atoms with Gasteiger partial charge < -0.3 is 16.0 Å². The molecule has 4 N–H and O–H groups in total. The second-order valence-electron chi connectivity index (χ2n) is 4.42. The standard InChI is InChI=1S/C11H18N4O/c1-7-13-10(6-11(16)14-7)15-9-5-3-2-4-8(9)12/h6,8-9H,2-5,12H2,1H3,(H2,13,14,15,16). The lowest BCUT2D eigenvalue weighted by Gasteiger charge is -2.29. The Kier molecular flexibility index (Phi) is 3.24. The van der Waals surface area contributed by atoms with Crippen LogP contribution in [-0.2, 0) is 0 Å². The highest BCUT2D eigenvalue weighted by Crippen LogP contribution is 2.19. The molecule has 2 atom stereocenters. The molecule has 5 heteroatoms. The Morgan fingerprint density at radius 1 is 1.50 bits per heavy atom. The summed E-state index contributed by atoms with van der Waals surface area (Å²) in [7, 11) is 0. The minimum Gasteiger partial charge on any atom is -0.366 e. The molecule has 16 heavy (non-hydrogen) atoms. The molecule has 1 saturated carbocycles. The van der Waals surface area contributed by atoms with Crippen LogP contribution in [0.4, 0.5) is 5.82 Å². The zero-order valence-corrected chi connectivity index (χ0v) is 9.49. The predicted octanol–water partition coefficient (Wildman–Crippen LogP) is 0.760. The Balaban J connectivity index is 2.10. The second-order valence-corrected chi connectivity index (χ2v) is 4.42. The third kappa shape index (κ3) is 2.61. The number of H-pyrrole nitrogens is 1. The van der Waals surface area contributed by atoms with Crippen molar-refractivity contribution in [3.8, 4) is 0 Å². The third-order valence-electron chi connectivity index (χ3n) is 3.01. The topological polar surface area (TPSA) is 83.8 Å². The van der Waals surface area contributed by atoms with Crippen molar-refractivity contribution in [1.29, 1.82) is 0 Å². The minimum atomic E-state index is -0.126. The number of nitrogens with one attached hydrogen (secondary N) is 2. The summed E-state index contributed by atoms with van der Waals surface area (Å²) in [4.78, 5) is 18.1. The first-order chi connectivity index (χ1) is 7.65. The molecule has 1 aromatic rings. The number of aromatic amines is 1. The van der Waals surface area contributed by atoms with Crippen molar-refractivity contribution in [3.05, 3.63) is 22.2 Å². The maximum Gasteiger partial charge on any atom is 0.252 e. The van der Waals surface area contributed by atoms with Crippen molar-refractivity contribution in [2.75, 3.05) is 5.32 Å². The van der Waals surface area contributed by atoms with E-state index in [2.05, 4.69) is 15.3 Å². The smallest absolute Gasteiger partial charge is 0.252 e. The number of hydrogen-bond donors (Lipinski definition) is 3. The van der Waals surface area contributed by atoms with Gasteiger partial charge in [-0.25, -0.2) is 4.98 Å². The second kappa shape index (κ2) is 4.65. The van der Waals surface area contributed by atoms with E-state index >= 15 is 0 Å². The van der Waals surface area contributed by atoms with E-state index in [1.165, 1.54) is 18.9 Å². The summed E-state index contributed by atoms with van der Waals surface area (Å²) < 4.78 is 0. The molecule has 5 nitrogen and oxygen atoms in total. The van der Waals surface area contributed by atoms with Crippen molar-refractivity contribution in [3.63, 3.8) is 0 Å². The number of aromatic nitrogens is 2. The first-order valence-electron chi connectivity index (χ1n) is 5.75. The molecule has 0 amide bonds. The van der Waals surface area contributed by atoms with Crippen LogP contribution in [0.2, 0.25) is 0 Å². The van der Waals surface area contributed by atoms with Gasteiger partial charge in [-0.05, 0) is 19.8 Å². The molecule has 0 saturated heterocycles. The van der Waals surface area contributed by atoms with Crippen LogP contribution in [0.15, 0.2) is 10.9 Å². The molecule has 88 valence electrons. The zero-order chi connectivity index (χ0) is 11.5. The monoisotopic (exact) mass is 222 g/mol. The molecule has 2 rings (SSSR count). The van der Waals surface area contributed by atoms with Gasteiger partial charge in [-0.15, -0.1) is 0 Å². The van der Waals surface area contributed by atoms with Crippen molar-refractivity contribution >= 4 is 5.82 Å². The molecule has 0 radical (unpaired) electrons. The SMILES string of the molecule is Cc1nc(NC2CCCCC2N)cc(=O)[nH]1. The summed E-state index contributed by atoms with van der Waals surface area (Å²) in [5, 5.41) is 3.26. The first-order valence-corrected chi connectivity index (χ1v) is 5.75. The fourth-order valence-corrected chi connectivity index (χ4v) is 2.18. The maximum atomic E-state index is 11.3. The summed E-state index contributed by atoms with van der Waals surface area (Å²) in [5.74, 6) is 1.25. The zero-order valence-electron chi connectivity index (χ0n) is 9.49.